The number of unbranched alkanes of at least 4 members (excludes halogenated alkanes) is 6. The van der Waals surface area contributed by atoms with E-state index in [1.807, 2.05) is 48.5 Å². The maximum atomic E-state index is 11.4. The van der Waals surface area contributed by atoms with Crippen molar-refractivity contribution in [1.29, 1.82) is 0 Å². The molecular weight excluding hydrogens is 408 g/mol. The molecule has 0 saturated heterocycles. The Balaban J connectivity index is 1.86. The molecule has 0 fully saturated rings. The molecule has 1 aromatic heterocycles. The summed E-state index contributed by atoms with van der Waals surface area (Å²) >= 11 is 0. The summed E-state index contributed by atoms with van der Waals surface area (Å²) in [6.07, 6.45) is 9.16. The molecule has 0 spiro atoms. The summed E-state index contributed by atoms with van der Waals surface area (Å²) in [5.41, 5.74) is 3.13. The van der Waals surface area contributed by atoms with Crippen LogP contribution in [0.25, 0.3) is 22.2 Å². The van der Waals surface area contributed by atoms with Crippen molar-refractivity contribution in [2.45, 2.75) is 71.3 Å². The van der Waals surface area contributed by atoms with Crippen LogP contribution in [0.15, 0.2) is 54.6 Å². The lowest BCUT2D eigenvalue weighted by Gasteiger charge is -2.26. The number of fused-ring (bicyclic) bond motifs is 1. The summed E-state index contributed by atoms with van der Waals surface area (Å²) in [5.74, 6) is 0.148. The fourth-order valence-electron chi connectivity index (χ4n) is 4.45. The Bertz CT molecular complexity index is 962. The normalized spacial score (nSPS) is 12.5. The number of phenolic OH excluding ortho intramolecular Hbond substituents is 1. The number of hydrogen-bond acceptors (Lipinski definition) is 4. The standard InChI is InChI=1S/C29H40N2O2/c1-3-5-7-12-19-31(20-13-8-6-4-2)22-28(33)25-21-26(23-15-10-9-11-16-23)30-29-24(25)17-14-18-27(29)32/h9-11,14-18,21,28,32-33H,3-8,12-13,19-20,22H2,1-2H3/t28-/m1/s1. The van der Waals surface area contributed by atoms with Crippen LogP contribution in [0.5, 0.6) is 5.75 Å². The van der Waals surface area contributed by atoms with Gasteiger partial charge in [-0.25, -0.2) is 4.98 Å². The lowest BCUT2D eigenvalue weighted by atomic mass is 9.99. The Morgan fingerprint density at radius 1 is 0.818 bits per heavy atom. The highest BCUT2D eigenvalue weighted by molar-refractivity contribution is 5.89. The van der Waals surface area contributed by atoms with Crippen LogP contribution in [0.3, 0.4) is 0 Å². The maximum Gasteiger partial charge on any atom is 0.141 e. The van der Waals surface area contributed by atoms with E-state index < -0.39 is 6.10 Å². The predicted octanol–water partition coefficient (Wildman–Crippen LogP) is 7.10. The second-order valence-corrected chi connectivity index (χ2v) is 9.07. The number of aromatic hydroxyl groups is 1. The summed E-state index contributed by atoms with van der Waals surface area (Å²) < 4.78 is 0. The topological polar surface area (TPSA) is 56.6 Å². The molecule has 33 heavy (non-hydrogen) atoms. The van der Waals surface area contributed by atoms with Crippen LogP contribution in [0.4, 0.5) is 0 Å². The number of pyridine rings is 1. The molecular formula is C29H40N2O2. The van der Waals surface area contributed by atoms with Crippen LogP contribution in [-0.4, -0.2) is 39.7 Å². The zero-order valence-electron chi connectivity index (χ0n) is 20.3. The first-order chi connectivity index (χ1) is 16.1. The summed E-state index contributed by atoms with van der Waals surface area (Å²) in [5, 5.41) is 22.7. The minimum atomic E-state index is -0.642. The van der Waals surface area contributed by atoms with Gasteiger partial charge in [0.25, 0.3) is 0 Å². The highest BCUT2D eigenvalue weighted by Crippen LogP contribution is 2.33. The molecule has 1 heterocycles. The van der Waals surface area contributed by atoms with Crippen LogP contribution in [-0.2, 0) is 0 Å². The average molecular weight is 449 g/mol. The number of rotatable bonds is 14. The van der Waals surface area contributed by atoms with E-state index in [0.717, 1.165) is 35.3 Å². The van der Waals surface area contributed by atoms with E-state index in [4.69, 9.17) is 4.98 Å². The van der Waals surface area contributed by atoms with Gasteiger partial charge in [0.2, 0.25) is 0 Å². The Morgan fingerprint density at radius 3 is 2.12 bits per heavy atom. The molecule has 4 heteroatoms. The van der Waals surface area contributed by atoms with E-state index in [1.54, 1.807) is 6.07 Å². The predicted molar refractivity (Wildman–Crippen MR) is 139 cm³/mol. The monoisotopic (exact) mass is 448 g/mol. The molecule has 0 bridgehead atoms. The van der Waals surface area contributed by atoms with Gasteiger partial charge in [-0.15, -0.1) is 0 Å². The number of aliphatic hydroxyl groups excluding tert-OH is 1. The third kappa shape index (κ3) is 7.28. The van der Waals surface area contributed by atoms with Crippen LogP contribution in [0.1, 0.15) is 76.9 Å². The Labute approximate surface area is 199 Å². The number of hydrogen-bond donors (Lipinski definition) is 2. The van der Waals surface area contributed by atoms with Crippen molar-refractivity contribution in [3.63, 3.8) is 0 Å². The first-order valence-electron chi connectivity index (χ1n) is 12.7. The smallest absolute Gasteiger partial charge is 0.141 e. The SMILES string of the molecule is CCCCCCN(CCCCCC)C[C@@H](O)c1cc(-c2ccccc2)nc2c(O)cccc12. The molecule has 3 aromatic rings. The number of benzene rings is 2. The van der Waals surface area contributed by atoms with Gasteiger partial charge in [-0.05, 0) is 43.6 Å². The first kappa shape index (κ1) is 25.2. The lowest BCUT2D eigenvalue weighted by molar-refractivity contribution is 0.111. The van der Waals surface area contributed by atoms with Gasteiger partial charge in [0, 0.05) is 17.5 Å². The van der Waals surface area contributed by atoms with Gasteiger partial charge >= 0.3 is 0 Å². The number of phenols is 1. The van der Waals surface area contributed by atoms with E-state index >= 15 is 0 Å². The number of aromatic nitrogens is 1. The van der Waals surface area contributed by atoms with Crippen molar-refractivity contribution < 1.29 is 10.2 Å². The number of aliphatic hydroxyl groups is 1. The molecule has 0 unspecified atom stereocenters. The third-order valence-electron chi connectivity index (χ3n) is 6.37. The van der Waals surface area contributed by atoms with Crippen LogP contribution < -0.4 is 0 Å². The van der Waals surface area contributed by atoms with E-state index in [1.165, 1.54) is 51.4 Å². The molecule has 0 aliphatic heterocycles. The van der Waals surface area contributed by atoms with Crippen LogP contribution in [0, 0.1) is 0 Å². The average Bonchev–Trinajstić information content (AvgIpc) is 2.84. The molecule has 178 valence electrons. The van der Waals surface area contributed by atoms with E-state index in [-0.39, 0.29) is 5.75 Å². The number of para-hydroxylation sites is 1. The fourth-order valence-corrected chi connectivity index (χ4v) is 4.45. The number of nitrogens with zero attached hydrogens (tertiary/aromatic N) is 2. The molecule has 0 amide bonds. The zero-order chi connectivity index (χ0) is 23.5. The molecule has 0 radical (unpaired) electrons. The van der Waals surface area contributed by atoms with E-state index in [2.05, 4.69) is 18.7 Å². The van der Waals surface area contributed by atoms with E-state index in [0.29, 0.717) is 12.1 Å². The molecule has 4 nitrogen and oxygen atoms in total. The molecule has 0 aliphatic rings. The fraction of sp³-hybridized carbons (Fsp3) is 0.483. The third-order valence-corrected chi connectivity index (χ3v) is 6.37. The summed E-state index contributed by atoms with van der Waals surface area (Å²) in [4.78, 5) is 7.16. The van der Waals surface area contributed by atoms with E-state index in [9.17, 15) is 10.2 Å². The van der Waals surface area contributed by atoms with Crippen LogP contribution >= 0.6 is 0 Å². The molecule has 2 N–H and O–H groups in total. The van der Waals surface area contributed by atoms with Gasteiger partial charge in [0.05, 0.1) is 11.8 Å². The zero-order valence-corrected chi connectivity index (χ0v) is 20.3. The summed E-state index contributed by atoms with van der Waals surface area (Å²) in [7, 11) is 0. The summed E-state index contributed by atoms with van der Waals surface area (Å²) in [6.45, 7) is 7.11. The maximum absolute atomic E-state index is 11.4. The second-order valence-electron chi connectivity index (χ2n) is 9.07. The van der Waals surface area contributed by atoms with Crippen molar-refractivity contribution in [1.82, 2.24) is 9.88 Å². The van der Waals surface area contributed by atoms with Crippen LogP contribution in [0.2, 0.25) is 0 Å². The second kappa shape index (κ2) is 13.3. The highest BCUT2D eigenvalue weighted by atomic mass is 16.3. The highest BCUT2D eigenvalue weighted by Gasteiger charge is 2.19. The molecule has 2 aromatic carbocycles. The van der Waals surface area contributed by atoms with Gasteiger partial charge in [0.1, 0.15) is 11.3 Å². The molecule has 3 rings (SSSR count). The van der Waals surface area contributed by atoms with Gasteiger partial charge in [-0.2, -0.15) is 0 Å². The minimum Gasteiger partial charge on any atom is -0.506 e. The molecule has 0 aliphatic carbocycles. The van der Waals surface area contributed by atoms with Crippen molar-refractivity contribution in [2.24, 2.45) is 0 Å². The Morgan fingerprint density at radius 2 is 1.48 bits per heavy atom. The Kier molecular flexibility index (Phi) is 10.2. The van der Waals surface area contributed by atoms with Gasteiger partial charge < -0.3 is 15.1 Å². The minimum absolute atomic E-state index is 0.148. The Hall–Kier alpha value is -2.43. The quantitative estimate of drug-likeness (QED) is 0.258. The largest absolute Gasteiger partial charge is 0.506 e. The van der Waals surface area contributed by atoms with Crippen molar-refractivity contribution >= 4 is 10.9 Å². The lowest BCUT2D eigenvalue weighted by Crippen LogP contribution is -2.31. The van der Waals surface area contributed by atoms with Gasteiger partial charge in [-0.3, -0.25) is 0 Å². The molecule has 1 atom stereocenters. The van der Waals surface area contributed by atoms with Gasteiger partial charge in [0.15, 0.2) is 0 Å². The van der Waals surface area contributed by atoms with Crippen molar-refractivity contribution in [3.8, 4) is 17.0 Å². The van der Waals surface area contributed by atoms with Gasteiger partial charge in [-0.1, -0.05) is 94.8 Å². The molecule has 0 saturated carbocycles. The van der Waals surface area contributed by atoms with Crippen molar-refractivity contribution in [2.75, 3.05) is 19.6 Å². The summed E-state index contributed by atoms with van der Waals surface area (Å²) in [6, 6.07) is 17.4. The van der Waals surface area contributed by atoms with Crippen molar-refractivity contribution in [3.05, 3.63) is 60.2 Å². The first-order valence-corrected chi connectivity index (χ1v) is 12.7.